The van der Waals surface area contributed by atoms with E-state index in [2.05, 4.69) is 11.2 Å². The minimum atomic E-state index is -0.252. The van der Waals surface area contributed by atoms with E-state index in [9.17, 15) is 9.59 Å². The Labute approximate surface area is 114 Å². The van der Waals surface area contributed by atoms with Gasteiger partial charge in [0.25, 0.3) is 0 Å². The second kappa shape index (κ2) is 5.55. The van der Waals surface area contributed by atoms with Gasteiger partial charge in [0.05, 0.1) is 0 Å². The highest BCUT2D eigenvalue weighted by atomic mass is 32.1. The predicted molar refractivity (Wildman–Crippen MR) is 76.3 cm³/mol. The molecule has 1 heterocycles. The first kappa shape index (κ1) is 13.1. The number of anilines is 1. The van der Waals surface area contributed by atoms with Gasteiger partial charge in [0.1, 0.15) is 6.54 Å². The van der Waals surface area contributed by atoms with Crippen LogP contribution in [0.1, 0.15) is 11.3 Å². The summed E-state index contributed by atoms with van der Waals surface area (Å²) in [7, 11) is 0. The molecular weight excluding hydrogens is 260 g/mol. The summed E-state index contributed by atoms with van der Waals surface area (Å²) in [5, 5.41) is 4.45. The van der Waals surface area contributed by atoms with Crippen LogP contribution in [0.25, 0.3) is 0 Å². The van der Waals surface area contributed by atoms with E-state index in [0.29, 0.717) is 11.3 Å². The highest BCUT2D eigenvalue weighted by Gasteiger charge is 2.08. The predicted octanol–water partition coefficient (Wildman–Crippen LogP) is 1.84. The van der Waals surface area contributed by atoms with Crippen LogP contribution in [-0.4, -0.2) is 10.5 Å². The summed E-state index contributed by atoms with van der Waals surface area (Å²) in [6, 6.07) is 7.01. The zero-order chi connectivity index (χ0) is 13.8. The zero-order valence-corrected chi connectivity index (χ0v) is 11.2. The first-order valence-corrected chi connectivity index (χ1v) is 6.49. The third-order valence-electron chi connectivity index (χ3n) is 2.59. The van der Waals surface area contributed by atoms with Gasteiger partial charge in [-0.25, -0.2) is 0 Å². The Hall–Kier alpha value is -2.32. The molecule has 0 radical (unpaired) electrons. The van der Waals surface area contributed by atoms with E-state index in [0.717, 1.165) is 17.0 Å². The van der Waals surface area contributed by atoms with E-state index >= 15 is 0 Å². The molecule has 19 heavy (non-hydrogen) atoms. The first-order chi connectivity index (χ1) is 9.10. The van der Waals surface area contributed by atoms with E-state index in [1.165, 1.54) is 4.57 Å². The van der Waals surface area contributed by atoms with Crippen LogP contribution in [0.2, 0.25) is 0 Å². The first-order valence-electron chi connectivity index (χ1n) is 5.61. The van der Waals surface area contributed by atoms with Crippen molar-refractivity contribution in [2.24, 2.45) is 0 Å². The lowest BCUT2D eigenvalue weighted by molar-refractivity contribution is -0.116. The molecule has 1 aromatic heterocycles. The smallest absolute Gasteiger partial charge is 0.307 e. The summed E-state index contributed by atoms with van der Waals surface area (Å²) in [5.74, 6) is 2.25. The van der Waals surface area contributed by atoms with Crippen molar-refractivity contribution in [2.75, 3.05) is 5.32 Å². The second-order valence-electron chi connectivity index (χ2n) is 4.00. The van der Waals surface area contributed by atoms with Crippen LogP contribution in [0.5, 0.6) is 0 Å². The SMILES string of the molecule is C#Cc1cccc(NC(=O)Cn2c(C)csc2=O)c1. The van der Waals surface area contributed by atoms with Crippen molar-refractivity contribution < 1.29 is 4.79 Å². The number of carbonyl (C=O) groups is 1. The number of aromatic nitrogens is 1. The van der Waals surface area contributed by atoms with Crippen molar-refractivity contribution in [3.8, 4) is 12.3 Å². The normalized spacial score (nSPS) is 9.89. The molecule has 0 bridgehead atoms. The number of rotatable bonds is 3. The van der Waals surface area contributed by atoms with Crippen molar-refractivity contribution in [3.63, 3.8) is 0 Å². The molecule has 96 valence electrons. The van der Waals surface area contributed by atoms with Gasteiger partial charge in [-0.2, -0.15) is 0 Å². The Morgan fingerprint density at radius 3 is 2.95 bits per heavy atom. The summed E-state index contributed by atoms with van der Waals surface area (Å²) in [4.78, 5) is 23.2. The molecule has 0 atom stereocenters. The Balaban J connectivity index is 2.10. The number of terminal acetylenes is 1. The number of hydrogen-bond acceptors (Lipinski definition) is 3. The zero-order valence-electron chi connectivity index (χ0n) is 10.3. The molecule has 0 saturated heterocycles. The van der Waals surface area contributed by atoms with Gasteiger partial charge in [0, 0.05) is 22.3 Å². The molecule has 0 saturated carbocycles. The van der Waals surface area contributed by atoms with Crippen LogP contribution in [0.4, 0.5) is 5.69 Å². The fourth-order valence-corrected chi connectivity index (χ4v) is 2.36. The largest absolute Gasteiger partial charge is 0.324 e. The average Bonchev–Trinajstić information content (AvgIpc) is 2.71. The average molecular weight is 272 g/mol. The molecule has 4 nitrogen and oxygen atoms in total. The minimum Gasteiger partial charge on any atom is -0.324 e. The molecule has 0 aliphatic rings. The fourth-order valence-electron chi connectivity index (χ4n) is 1.63. The second-order valence-corrected chi connectivity index (χ2v) is 4.82. The van der Waals surface area contributed by atoms with E-state index < -0.39 is 0 Å². The topological polar surface area (TPSA) is 51.1 Å². The van der Waals surface area contributed by atoms with Crippen molar-refractivity contribution in [2.45, 2.75) is 13.5 Å². The summed E-state index contributed by atoms with van der Waals surface area (Å²) >= 11 is 1.09. The molecule has 1 N–H and O–H groups in total. The highest BCUT2D eigenvalue weighted by molar-refractivity contribution is 7.07. The summed E-state index contributed by atoms with van der Waals surface area (Å²) in [5.41, 5.74) is 2.10. The van der Waals surface area contributed by atoms with Crippen LogP contribution in [0.15, 0.2) is 34.4 Å². The quantitative estimate of drug-likeness (QED) is 0.867. The number of thiazole rings is 1. The summed E-state index contributed by atoms with van der Waals surface area (Å²) < 4.78 is 1.44. The maximum Gasteiger partial charge on any atom is 0.307 e. The molecule has 1 aromatic carbocycles. The van der Waals surface area contributed by atoms with Crippen molar-refractivity contribution in [1.82, 2.24) is 4.57 Å². The van der Waals surface area contributed by atoms with E-state index in [1.807, 2.05) is 0 Å². The van der Waals surface area contributed by atoms with Gasteiger partial charge in [-0.1, -0.05) is 23.3 Å². The number of amides is 1. The Bertz CT molecular complexity index is 707. The Morgan fingerprint density at radius 2 is 2.32 bits per heavy atom. The van der Waals surface area contributed by atoms with Crippen LogP contribution in [0.3, 0.4) is 0 Å². The molecule has 1 amide bonds. The van der Waals surface area contributed by atoms with Crippen LogP contribution >= 0.6 is 11.3 Å². The van der Waals surface area contributed by atoms with Crippen LogP contribution in [-0.2, 0) is 11.3 Å². The maximum atomic E-state index is 11.9. The summed E-state index contributed by atoms with van der Waals surface area (Å²) in [6.07, 6.45) is 5.29. The number of aryl methyl sites for hydroxylation is 1. The highest BCUT2D eigenvalue weighted by Crippen LogP contribution is 2.10. The van der Waals surface area contributed by atoms with E-state index in [1.54, 1.807) is 36.6 Å². The molecule has 0 aliphatic heterocycles. The third kappa shape index (κ3) is 3.12. The lowest BCUT2D eigenvalue weighted by Crippen LogP contribution is -2.25. The molecule has 2 rings (SSSR count). The number of hydrogen-bond donors (Lipinski definition) is 1. The number of benzene rings is 1. The van der Waals surface area contributed by atoms with Gasteiger partial charge >= 0.3 is 4.87 Å². The van der Waals surface area contributed by atoms with Gasteiger partial charge in [-0.05, 0) is 25.1 Å². The van der Waals surface area contributed by atoms with Gasteiger partial charge in [0.15, 0.2) is 0 Å². The van der Waals surface area contributed by atoms with Crippen LogP contribution < -0.4 is 10.2 Å². The fraction of sp³-hybridized carbons (Fsp3) is 0.143. The van der Waals surface area contributed by atoms with Crippen molar-refractivity contribution >= 4 is 22.9 Å². The minimum absolute atomic E-state index is 0.00838. The Morgan fingerprint density at radius 1 is 1.53 bits per heavy atom. The van der Waals surface area contributed by atoms with Crippen molar-refractivity contribution in [3.05, 3.63) is 50.6 Å². The van der Waals surface area contributed by atoms with Gasteiger partial charge in [-0.3, -0.25) is 14.2 Å². The van der Waals surface area contributed by atoms with E-state index in [4.69, 9.17) is 6.42 Å². The lowest BCUT2D eigenvalue weighted by Gasteiger charge is -2.07. The molecular formula is C14H12N2O2S. The number of nitrogens with zero attached hydrogens (tertiary/aromatic N) is 1. The monoisotopic (exact) mass is 272 g/mol. The molecule has 2 aromatic rings. The van der Waals surface area contributed by atoms with Gasteiger partial charge < -0.3 is 5.32 Å². The molecule has 0 unspecified atom stereocenters. The molecule has 0 fully saturated rings. The Kier molecular flexibility index (Phi) is 3.83. The standard InChI is InChI=1S/C14H12N2O2S/c1-3-11-5-4-6-12(7-11)15-13(17)8-16-10(2)9-19-14(16)18/h1,4-7,9H,8H2,2H3,(H,15,17). The summed E-state index contributed by atoms with van der Waals surface area (Å²) in [6.45, 7) is 1.80. The maximum absolute atomic E-state index is 11.9. The van der Waals surface area contributed by atoms with E-state index in [-0.39, 0.29) is 17.3 Å². The molecule has 0 aliphatic carbocycles. The third-order valence-corrected chi connectivity index (χ3v) is 3.47. The number of nitrogens with one attached hydrogen (secondary N) is 1. The molecule has 5 heteroatoms. The lowest BCUT2D eigenvalue weighted by atomic mass is 10.2. The van der Waals surface area contributed by atoms with Gasteiger partial charge in [0.2, 0.25) is 5.91 Å². The molecule has 0 spiro atoms. The number of carbonyl (C=O) groups excluding carboxylic acids is 1. The van der Waals surface area contributed by atoms with Gasteiger partial charge in [-0.15, -0.1) is 6.42 Å². The van der Waals surface area contributed by atoms with Crippen LogP contribution in [0, 0.1) is 19.3 Å². The van der Waals surface area contributed by atoms with Crippen molar-refractivity contribution in [1.29, 1.82) is 0 Å².